The van der Waals surface area contributed by atoms with Gasteiger partial charge < -0.3 is 9.84 Å². The summed E-state index contributed by atoms with van der Waals surface area (Å²) in [7, 11) is 0. The van der Waals surface area contributed by atoms with Gasteiger partial charge in [-0.05, 0) is 24.5 Å². The molecule has 0 amide bonds. The molecule has 15 heavy (non-hydrogen) atoms. The van der Waals surface area contributed by atoms with E-state index in [1.165, 1.54) is 12.2 Å². The first-order chi connectivity index (χ1) is 6.99. The van der Waals surface area contributed by atoms with Crippen molar-refractivity contribution in [1.29, 1.82) is 0 Å². The minimum Gasteiger partial charge on any atom is -0.414 e. The summed E-state index contributed by atoms with van der Waals surface area (Å²) in [6.07, 6.45) is 1.14. The molecule has 0 atom stereocenters. The highest BCUT2D eigenvalue weighted by Crippen LogP contribution is 2.16. The Bertz CT molecular complexity index is 242. The van der Waals surface area contributed by atoms with E-state index in [0.717, 1.165) is 11.6 Å². The van der Waals surface area contributed by atoms with E-state index >= 15 is 0 Å². The van der Waals surface area contributed by atoms with Crippen LogP contribution < -0.4 is 0 Å². The molecule has 0 unspecified atom stereocenters. The predicted octanol–water partition coefficient (Wildman–Crippen LogP) is 2.92. The minimum atomic E-state index is -4.65. The van der Waals surface area contributed by atoms with Crippen LogP contribution in [0.15, 0.2) is 36.6 Å². The number of allylic oxidation sites excluding steroid dienone is 4. The third-order valence-electron chi connectivity index (χ3n) is 1.48. The van der Waals surface area contributed by atoms with E-state index in [0.29, 0.717) is 19.1 Å². The number of hydrogen-bond donors (Lipinski definition) is 1. The lowest BCUT2D eigenvalue weighted by atomic mass is 10.1. The van der Waals surface area contributed by atoms with Gasteiger partial charge in [-0.1, -0.05) is 18.7 Å². The summed E-state index contributed by atoms with van der Waals surface area (Å²) in [4.78, 5) is 0. The van der Waals surface area contributed by atoms with Gasteiger partial charge in [0.1, 0.15) is 0 Å². The standard InChI is InChI=1S/C10H13F3O2/c1-2-9(5-3-7-14)6-4-8-15-10(11,12)13/h2,4,6,8,14H,1,3,5,7H2/b8-4-,9-6+. The van der Waals surface area contributed by atoms with Crippen LogP contribution in [0.3, 0.4) is 0 Å². The van der Waals surface area contributed by atoms with E-state index in [1.807, 2.05) is 0 Å². The molecule has 0 fully saturated rings. The fraction of sp³-hybridized carbons (Fsp3) is 0.400. The second-order valence-electron chi connectivity index (χ2n) is 2.66. The van der Waals surface area contributed by atoms with Crippen molar-refractivity contribution in [2.75, 3.05) is 6.61 Å². The number of alkyl halides is 3. The monoisotopic (exact) mass is 222 g/mol. The topological polar surface area (TPSA) is 29.5 Å². The van der Waals surface area contributed by atoms with Crippen LogP contribution >= 0.6 is 0 Å². The fourth-order valence-electron chi connectivity index (χ4n) is 0.816. The van der Waals surface area contributed by atoms with Crippen molar-refractivity contribution < 1.29 is 23.0 Å². The minimum absolute atomic E-state index is 0.0357. The number of ether oxygens (including phenoxy) is 1. The first-order valence-corrected chi connectivity index (χ1v) is 4.33. The second-order valence-corrected chi connectivity index (χ2v) is 2.66. The van der Waals surface area contributed by atoms with E-state index in [-0.39, 0.29) is 6.61 Å². The zero-order valence-electron chi connectivity index (χ0n) is 8.13. The second kappa shape index (κ2) is 7.11. The largest absolute Gasteiger partial charge is 0.572 e. The summed E-state index contributed by atoms with van der Waals surface area (Å²) >= 11 is 0. The Balaban J connectivity index is 4.04. The molecule has 0 heterocycles. The highest BCUT2D eigenvalue weighted by atomic mass is 19.4. The van der Waals surface area contributed by atoms with E-state index in [2.05, 4.69) is 11.3 Å². The molecular weight excluding hydrogens is 209 g/mol. The molecule has 0 rings (SSSR count). The SMILES string of the molecule is C=C/C(=C\C=C/OC(F)(F)F)CCCO. The van der Waals surface area contributed by atoms with Crippen LogP contribution in [0.25, 0.3) is 0 Å². The lowest BCUT2D eigenvalue weighted by molar-refractivity contribution is -0.298. The molecule has 0 saturated carbocycles. The van der Waals surface area contributed by atoms with Crippen LogP contribution in [0.4, 0.5) is 13.2 Å². The Hall–Kier alpha value is -1.23. The van der Waals surface area contributed by atoms with E-state index in [4.69, 9.17) is 5.11 Å². The third kappa shape index (κ3) is 9.08. The van der Waals surface area contributed by atoms with E-state index < -0.39 is 6.36 Å². The molecule has 86 valence electrons. The van der Waals surface area contributed by atoms with E-state index in [1.54, 1.807) is 0 Å². The smallest absolute Gasteiger partial charge is 0.414 e. The number of aliphatic hydroxyl groups excluding tert-OH is 1. The van der Waals surface area contributed by atoms with Gasteiger partial charge in [0.25, 0.3) is 0 Å². The van der Waals surface area contributed by atoms with Gasteiger partial charge in [-0.25, -0.2) is 0 Å². The van der Waals surface area contributed by atoms with Gasteiger partial charge in [0.2, 0.25) is 0 Å². The Morgan fingerprint density at radius 2 is 2.07 bits per heavy atom. The summed E-state index contributed by atoms with van der Waals surface area (Å²) in [6.45, 7) is 3.53. The summed E-state index contributed by atoms with van der Waals surface area (Å²) in [5.74, 6) is 0. The van der Waals surface area contributed by atoms with Gasteiger partial charge in [0.15, 0.2) is 0 Å². The Kier molecular flexibility index (Phi) is 6.53. The average molecular weight is 222 g/mol. The zero-order chi connectivity index (χ0) is 11.7. The first kappa shape index (κ1) is 13.8. The summed E-state index contributed by atoms with van der Waals surface area (Å²) in [5, 5.41) is 8.54. The summed E-state index contributed by atoms with van der Waals surface area (Å²) in [6, 6.07) is 0. The molecule has 0 aliphatic heterocycles. The van der Waals surface area contributed by atoms with Crippen LogP contribution in [0.1, 0.15) is 12.8 Å². The predicted molar refractivity (Wildman–Crippen MR) is 50.9 cm³/mol. The Labute approximate surface area is 86.4 Å². The molecule has 0 saturated heterocycles. The molecule has 0 radical (unpaired) electrons. The number of halogens is 3. The molecule has 1 N–H and O–H groups in total. The number of rotatable bonds is 6. The van der Waals surface area contributed by atoms with Crippen molar-refractivity contribution >= 4 is 0 Å². The maximum atomic E-state index is 11.5. The summed E-state index contributed by atoms with van der Waals surface area (Å²) < 4.78 is 38.0. The normalized spacial score (nSPS) is 13.2. The van der Waals surface area contributed by atoms with Gasteiger partial charge in [0, 0.05) is 6.61 Å². The van der Waals surface area contributed by atoms with Crippen molar-refractivity contribution in [3.05, 3.63) is 36.6 Å². The zero-order valence-corrected chi connectivity index (χ0v) is 8.13. The molecule has 0 aromatic carbocycles. The maximum Gasteiger partial charge on any atom is 0.572 e. The lowest BCUT2D eigenvalue weighted by Gasteiger charge is -2.02. The molecule has 0 spiro atoms. The van der Waals surface area contributed by atoms with Crippen molar-refractivity contribution in [2.24, 2.45) is 0 Å². The van der Waals surface area contributed by atoms with Crippen LogP contribution in [0.5, 0.6) is 0 Å². The molecule has 2 nitrogen and oxygen atoms in total. The van der Waals surface area contributed by atoms with Gasteiger partial charge >= 0.3 is 6.36 Å². The molecule has 0 aromatic rings. The van der Waals surface area contributed by atoms with Crippen LogP contribution in [0.2, 0.25) is 0 Å². The third-order valence-corrected chi connectivity index (χ3v) is 1.48. The van der Waals surface area contributed by atoms with Crippen LogP contribution in [-0.2, 0) is 4.74 Å². The molecule has 0 aliphatic carbocycles. The lowest BCUT2D eigenvalue weighted by Crippen LogP contribution is -2.08. The van der Waals surface area contributed by atoms with Crippen molar-refractivity contribution in [3.63, 3.8) is 0 Å². The average Bonchev–Trinajstić information content (AvgIpc) is 2.15. The van der Waals surface area contributed by atoms with Gasteiger partial charge in [0.05, 0.1) is 6.26 Å². The maximum absolute atomic E-state index is 11.5. The highest BCUT2D eigenvalue weighted by Gasteiger charge is 2.28. The van der Waals surface area contributed by atoms with Crippen LogP contribution in [-0.4, -0.2) is 18.1 Å². The van der Waals surface area contributed by atoms with Gasteiger partial charge in [-0.15, -0.1) is 13.2 Å². The van der Waals surface area contributed by atoms with E-state index in [9.17, 15) is 13.2 Å². The van der Waals surface area contributed by atoms with Crippen LogP contribution in [0, 0.1) is 0 Å². The van der Waals surface area contributed by atoms with Crippen molar-refractivity contribution in [2.45, 2.75) is 19.2 Å². The molecule has 0 bridgehead atoms. The van der Waals surface area contributed by atoms with Gasteiger partial charge in [-0.2, -0.15) is 0 Å². The molecule has 5 heteroatoms. The first-order valence-electron chi connectivity index (χ1n) is 4.33. The number of aliphatic hydroxyl groups is 1. The van der Waals surface area contributed by atoms with Crippen molar-refractivity contribution in [1.82, 2.24) is 0 Å². The Morgan fingerprint density at radius 3 is 2.53 bits per heavy atom. The molecule has 0 aliphatic rings. The molecular formula is C10H13F3O2. The highest BCUT2D eigenvalue weighted by molar-refractivity contribution is 5.21. The van der Waals surface area contributed by atoms with Crippen molar-refractivity contribution in [3.8, 4) is 0 Å². The quantitative estimate of drug-likeness (QED) is 0.553. The summed E-state index contributed by atoms with van der Waals surface area (Å²) in [5.41, 5.74) is 0.742. The van der Waals surface area contributed by atoms with Gasteiger partial charge in [-0.3, -0.25) is 0 Å². The Morgan fingerprint density at radius 1 is 1.40 bits per heavy atom. The number of hydrogen-bond acceptors (Lipinski definition) is 2. The molecule has 0 aromatic heterocycles. The fourth-order valence-corrected chi connectivity index (χ4v) is 0.816.